The number of carbonyl (C=O) groups excluding carboxylic acids is 2. The Morgan fingerprint density at radius 2 is 1.96 bits per heavy atom. The van der Waals surface area contributed by atoms with E-state index in [0.717, 1.165) is 17.7 Å². The third-order valence-electron chi connectivity index (χ3n) is 5.14. The molecule has 0 radical (unpaired) electrons. The van der Waals surface area contributed by atoms with Gasteiger partial charge >= 0.3 is 0 Å². The van der Waals surface area contributed by atoms with Gasteiger partial charge < -0.3 is 4.42 Å². The predicted molar refractivity (Wildman–Crippen MR) is 106 cm³/mol. The summed E-state index contributed by atoms with van der Waals surface area (Å²) in [5.74, 6) is 0.785. The van der Waals surface area contributed by atoms with E-state index in [0.29, 0.717) is 28.2 Å². The van der Waals surface area contributed by atoms with Gasteiger partial charge in [0.25, 0.3) is 22.9 Å². The molecule has 0 N–H and O–H groups in total. The fourth-order valence-corrected chi connectivity index (χ4v) is 5.50. The van der Waals surface area contributed by atoms with Crippen molar-refractivity contribution in [2.24, 2.45) is 5.92 Å². The van der Waals surface area contributed by atoms with Gasteiger partial charge in [-0.2, -0.15) is 0 Å². The maximum absolute atomic E-state index is 12.4. The van der Waals surface area contributed by atoms with Crippen LogP contribution in [0, 0.1) is 5.92 Å². The number of imide groups is 1. The topological polar surface area (TPSA) is 76.3 Å². The zero-order valence-corrected chi connectivity index (χ0v) is 16.8. The Morgan fingerprint density at radius 3 is 2.71 bits per heavy atom. The molecule has 142 valence electrons. The second kappa shape index (κ2) is 6.86. The molecule has 0 saturated heterocycles. The number of rotatable bonds is 4. The van der Waals surface area contributed by atoms with Crippen LogP contribution in [0.15, 0.2) is 40.0 Å². The zero-order valence-electron chi connectivity index (χ0n) is 15.2. The Morgan fingerprint density at radius 1 is 1.21 bits per heavy atom. The summed E-state index contributed by atoms with van der Waals surface area (Å²) in [7, 11) is 0. The molecule has 2 aliphatic rings. The summed E-state index contributed by atoms with van der Waals surface area (Å²) in [6.45, 7) is 2.28. The highest BCUT2D eigenvalue weighted by atomic mass is 32.2. The van der Waals surface area contributed by atoms with Gasteiger partial charge in [-0.25, -0.2) is 0 Å². The summed E-state index contributed by atoms with van der Waals surface area (Å²) < 4.78 is 5.78. The first kappa shape index (κ1) is 17.6. The highest BCUT2D eigenvalue weighted by Gasteiger charge is 2.35. The monoisotopic (exact) mass is 411 g/mol. The van der Waals surface area contributed by atoms with Gasteiger partial charge in [0, 0.05) is 4.88 Å². The van der Waals surface area contributed by atoms with Crippen LogP contribution in [0.1, 0.15) is 44.5 Å². The molecule has 6 nitrogen and oxygen atoms in total. The summed E-state index contributed by atoms with van der Waals surface area (Å²) in [4.78, 5) is 28.4. The van der Waals surface area contributed by atoms with Crippen LogP contribution in [0.3, 0.4) is 0 Å². The van der Waals surface area contributed by atoms with E-state index in [1.807, 2.05) is 0 Å². The van der Waals surface area contributed by atoms with Crippen molar-refractivity contribution in [1.82, 2.24) is 15.1 Å². The Kier molecular flexibility index (Phi) is 4.32. The third-order valence-corrected chi connectivity index (χ3v) is 7.17. The average Bonchev–Trinajstić information content (AvgIpc) is 3.38. The van der Waals surface area contributed by atoms with Crippen molar-refractivity contribution in [3.63, 3.8) is 0 Å². The Balaban J connectivity index is 1.29. The highest BCUT2D eigenvalue weighted by Crippen LogP contribution is 2.37. The van der Waals surface area contributed by atoms with Gasteiger partial charge in [-0.15, -0.1) is 21.5 Å². The summed E-state index contributed by atoms with van der Waals surface area (Å²) in [6.07, 6.45) is 3.43. The molecule has 2 aromatic heterocycles. The molecule has 0 spiro atoms. The standard InChI is InChI=1S/C20H17N3O3S2/c1-11-6-7-15-12(8-11)9-16(28-15)17-21-22-20(26-17)27-10-23-18(24)13-4-2-3-5-14(13)19(23)25/h2-5,9,11H,6-8,10H2,1H3. The third kappa shape index (κ3) is 2.97. The molecule has 2 amide bonds. The molecule has 8 heteroatoms. The van der Waals surface area contributed by atoms with Crippen LogP contribution >= 0.6 is 23.1 Å². The van der Waals surface area contributed by atoms with Crippen LogP contribution in [-0.4, -0.2) is 32.8 Å². The van der Waals surface area contributed by atoms with E-state index >= 15 is 0 Å². The molecule has 0 fully saturated rings. The molecule has 3 heterocycles. The van der Waals surface area contributed by atoms with E-state index in [9.17, 15) is 9.59 Å². The van der Waals surface area contributed by atoms with Crippen LogP contribution in [0.2, 0.25) is 0 Å². The van der Waals surface area contributed by atoms with E-state index in [4.69, 9.17) is 4.42 Å². The molecule has 1 aliphatic heterocycles. The number of aryl methyl sites for hydroxylation is 1. The van der Waals surface area contributed by atoms with Gasteiger partial charge in [-0.05, 0) is 60.7 Å². The molecule has 3 aromatic rings. The Hall–Kier alpha value is -2.45. The van der Waals surface area contributed by atoms with Crippen molar-refractivity contribution in [1.29, 1.82) is 0 Å². The van der Waals surface area contributed by atoms with Gasteiger partial charge in [-0.3, -0.25) is 14.5 Å². The van der Waals surface area contributed by atoms with Crippen molar-refractivity contribution < 1.29 is 14.0 Å². The second-order valence-electron chi connectivity index (χ2n) is 7.14. The van der Waals surface area contributed by atoms with E-state index in [1.54, 1.807) is 35.6 Å². The van der Waals surface area contributed by atoms with Gasteiger partial charge in [0.1, 0.15) is 0 Å². The summed E-state index contributed by atoms with van der Waals surface area (Å²) in [5.41, 5.74) is 2.27. The van der Waals surface area contributed by atoms with Gasteiger partial charge in [0.15, 0.2) is 0 Å². The molecular weight excluding hydrogens is 394 g/mol. The van der Waals surface area contributed by atoms with E-state index in [2.05, 4.69) is 23.2 Å². The van der Waals surface area contributed by atoms with Crippen molar-refractivity contribution in [3.8, 4) is 10.8 Å². The van der Waals surface area contributed by atoms with Gasteiger partial charge in [0.05, 0.1) is 21.9 Å². The number of fused-ring (bicyclic) bond motifs is 2. The number of hydrogen-bond donors (Lipinski definition) is 0. The zero-order chi connectivity index (χ0) is 19.3. The highest BCUT2D eigenvalue weighted by molar-refractivity contribution is 7.99. The average molecular weight is 412 g/mol. The summed E-state index contributed by atoms with van der Waals surface area (Å²) in [5, 5.41) is 8.59. The molecule has 1 aliphatic carbocycles. The maximum atomic E-state index is 12.4. The number of aromatic nitrogens is 2. The quantitative estimate of drug-likeness (QED) is 0.471. The minimum atomic E-state index is -0.284. The van der Waals surface area contributed by atoms with E-state index in [1.165, 1.54) is 33.5 Å². The lowest BCUT2D eigenvalue weighted by atomic mass is 9.90. The van der Waals surface area contributed by atoms with E-state index in [-0.39, 0.29) is 17.7 Å². The fourth-order valence-electron chi connectivity index (χ4n) is 3.66. The van der Waals surface area contributed by atoms with Gasteiger partial charge in [0.2, 0.25) is 0 Å². The molecule has 1 unspecified atom stereocenters. The molecule has 1 atom stereocenters. The summed E-state index contributed by atoms with van der Waals surface area (Å²) in [6, 6.07) is 9.01. The lowest BCUT2D eigenvalue weighted by Crippen LogP contribution is -2.29. The van der Waals surface area contributed by atoms with Crippen molar-refractivity contribution >= 4 is 34.9 Å². The SMILES string of the molecule is CC1CCc2sc(-c3nnc(SCN4C(=O)c5ccccc5C4=O)o3)cc2C1. The minimum absolute atomic E-state index is 0.145. The number of nitrogens with zero attached hydrogens (tertiary/aromatic N) is 3. The molecule has 0 saturated carbocycles. The number of benzene rings is 1. The number of thiophene rings is 1. The van der Waals surface area contributed by atoms with Crippen LogP contribution in [-0.2, 0) is 12.8 Å². The van der Waals surface area contributed by atoms with Crippen molar-refractivity contribution in [2.75, 3.05) is 5.88 Å². The van der Waals surface area contributed by atoms with Crippen LogP contribution in [0.25, 0.3) is 10.8 Å². The molecule has 5 rings (SSSR count). The van der Waals surface area contributed by atoms with Crippen LogP contribution in [0.5, 0.6) is 0 Å². The minimum Gasteiger partial charge on any atom is -0.410 e. The first-order valence-corrected chi connectivity index (χ1v) is 10.9. The van der Waals surface area contributed by atoms with Crippen LogP contribution in [0.4, 0.5) is 0 Å². The smallest absolute Gasteiger partial charge is 0.278 e. The van der Waals surface area contributed by atoms with Crippen molar-refractivity contribution in [3.05, 3.63) is 51.9 Å². The van der Waals surface area contributed by atoms with Gasteiger partial charge in [-0.1, -0.05) is 19.1 Å². The molecule has 28 heavy (non-hydrogen) atoms. The Bertz CT molecular complexity index is 1050. The lowest BCUT2D eigenvalue weighted by molar-refractivity contribution is 0.0684. The predicted octanol–water partition coefficient (Wildman–Crippen LogP) is 4.27. The second-order valence-corrected chi connectivity index (χ2v) is 9.17. The lowest BCUT2D eigenvalue weighted by Gasteiger charge is -2.16. The number of carbonyl (C=O) groups is 2. The number of thioether (sulfide) groups is 1. The largest absolute Gasteiger partial charge is 0.410 e. The molecule has 0 bridgehead atoms. The summed E-state index contributed by atoms with van der Waals surface area (Å²) >= 11 is 2.91. The molecule has 1 aromatic carbocycles. The fraction of sp³-hybridized carbons (Fsp3) is 0.300. The normalized spacial score (nSPS) is 18.5. The maximum Gasteiger partial charge on any atom is 0.278 e. The number of amides is 2. The van der Waals surface area contributed by atoms with Crippen molar-refractivity contribution in [2.45, 2.75) is 31.4 Å². The Labute approximate surface area is 170 Å². The first-order valence-electron chi connectivity index (χ1n) is 9.13. The molecular formula is C20H17N3O3S2. The van der Waals surface area contributed by atoms with E-state index < -0.39 is 0 Å². The first-order chi connectivity index (χ1) is 13.6. The van der Waals surface area contributed by atoms with Crippen LogP contribution < -0.4 is 0 Å². The number of hydrogen-bond acceptors (Lipinski definition) is 7.